The molecule has 1 aromatic heterocycles. The lowest BCUT2D eigenvalue weighted by molar-refractivity contribution is 0.450. The van der Waals surface area contributed by atoms with E-state index < -0.39 is 0 Å². The van der Waals surface area contributed by atoms with Crippen molar-refractivity contribution in [3.63, 3.8) is 0 Å². The monoisotopic (exact) mass is 219 g/mol. The highest BCUT2D eigenvalue weighted by molar-refractivity contribution is 7.19. The third-order valence-corrected chi connectivity index (χ3v) is 3.93. The third kappa shape index (κ3) is 2.06. The van der Waals surface area contributed by atoms with Crippen molar-refractivity contribution in [3.05, 3.63) is 35.2 Å². The summed E-state index contributed by atoms with van der Waals surface area (Å²) in [7, 11) is 2.04. The van der Waals surface area contributed by atoms with Crippen molar-refractivity contribution >= 4 is 21.4 Å². The first kappa shape index (κ1) is 10.7. The van der Waals surface area contributed by atoms with Crippen LogP contribution in [0.25, 0.3) is 10.1 Å². The maximum absolute atomic E-state index is 3.39. The third-order valence-electron chi connectivity index (χ3n) is 2.73. The predicted molar refractivity (Wildman–Crippen MR) is 68.5 cm³/mol. The van der Waals surface area contributed by atoms with Gasteiger partial charge in [-0.1, -0.05) is 32.0 Å². The van der Waals surface area contributed by atoms with Gasteiger partial charge < -0.3 is 5.32 Å². The summed E-state index contributed by atoms with van der Waals surface area (Å²) in [4.78, 5) is 1.44. The van der Waals surface area contributed by atoms with Crippen LogP contribution in [0.2, 0.25) is 0 Å². The fourth-order valence-corrected chi connectivity index (χ4v) is 3.31. The summed E-state index contributed by atoms with van der Waals surface area (Å²) >= 11 is 1.90. The minimum atomic E-state index is 0.474. The molecule has 2 rings (SSSR count). The van der Waals surface area contributed by atoms with Crippen LogP contribution in [0.4, 0.5) is 0 Å². The zero-order valence-corrected chi connectivity index (χ0v) is 10.3. The van der Waals surface area contributed by atoms with Gasteiger partial charge in [-0.3, -0.25) is 0 Å². The molecular weight excluding hydrogens is 202 g/mol. The van der Waals surface area contributed by atoms with Crippen LogP contribution in [-0.4, -0.2) is 7.05 Å². The fraction of sp³-hybridized carbons (Fsp3) is 0.385. The molecule has 0 aliphatic heterocycles. The topological polar surface area (TPSA) is 12.0 Å². The molecule has 2 aromatic rings. The Balaban J connectivity index is 2.43. The van der Waals surface area contributed by atoms with Gasteiger partial charge in [0.15, 0.2) is 0 Å². The van der Waals surface area contributed by atoms with Crippen LogP contribution in [0.3, 0.4) is 0 Å². The smallest absolute Gasteiger partial charge is 0.0436 e. The molecule has 0 saturated carbocycles. The summed E-state index contributed by atoms with van der Waals surface area (Å²) in [6.45, 7) is 4.51. The standard InChI is InChI=1S/C13H17NS/c1-9(2)13(14-3)12-8-10-6-4-5-7-11(10)15-12/h4-9,13-14H,1-3H3. The zero-order valence-electron chi connectivity index (χ0n) is 9.45. The van der Waals surface area contributed by atoms with E-state index in [-0.39, 0.29) is 0 Å². The Bertz CT molecular complexity index is 411. The Labute approximate surface area is 95.1 Å². The molecular formula is C13H17NS. The molecule has 1 unspecified atom stereocenters. The Hall–Kier alpha value is -0.860. The van der Waals surface area contributed by atoms with Gasteiger partial charge in [-0.05, 0) is 30.5 Å². The van der Waals surface area contributed by atoms with Crippen LogP contribution in [0.5, 0.6) is 0 Å². The molecule has 0 spiro atoms. The first-order chi connectivity index (χ1) is 7.22. The van der Waals surface area contributed by atoms with Gasteiger partial charge in [0.25, 0.3) is 0 Å². The first-order valence-corrected chi connectivity index (χ1v) is 6.19. The Morgan fingerprint density at radius 3 is 2.53 bits per heavy atom. The lowest BCUT2D eigenvalue weighted by Gasteiger charge is -2.18. The average Bonchev–Trinajstić information content (AvgIpc) is 2.61. The molecule has 0 fully saturated rings. The van der Waals surface area contributed by atoms with E-state index in [1.165, 1.54) is 15.0 Å². The van der Waals surface area contributed by atoms with Crippen LogP contribution in [-0.2, 0) is 0 Å². The van der Waals surface area contributed by atoms with Crippen LogP contribution >= 0.6 is 11.3 Å². The van der Waals surface area contributed by atoms with Crippen molar-refractivity contribution in [1.29, 1.82) is 0 Å². The van der Waals surface area contributed by atoms with E-state index in [0.29, 0.717) is 12.0 Å². The Morgan fingerprint density at radius 2 is 1.93 bits per heavy atom. The molecule has 0 bridgehead atoms. The minimum Gasteiger partial charge on any atom is -0.312 e. The molecule has 15 heavy (non-hydrogen) atoms. The second-order valence-corrected chi connectivity index (χ2v) is 5.31. The lowest BCUT2D eigenvalue weighted by Crippen LogP contribution is -2.20. The van der Waals surface area contributed by atoms with Crippen molar-refractivity contribution in [2.24, 2.45) is 5.92 Å². The molecule has 1 atom stereocenters. The lowest BCUT2D eigenvalue weighted by atomic mass is 10.0. The molecule has 0 aliphatic carbocycles. The van der Waals surface area contributed by atoms with Gasteiger partial charge in [-0.15, -0.1) is 11.3 Å². The van der Waals surface area contributed by atoms with Gasteiger partial charge in [0, 0.05) is 15.6 Å². The summed E-state index contributed by atoms with van der Waals surface area (Å²) in [6, 6.07) is 11.4. The molecule has 1 nitrogen and oxygen atoms in total. The van der Waals surface area contributed by atoms with Gasteiger partial charge in [0.2, 0.25) is 0 Å². The molecule has 1 N–H and O–H groups in total. The number of rotatable bonds is 3. The van der Waals surface area contributed by atoms with E-state index in [1.807, 2.05) is 18.4 Å². The second kappa shape index (κ2) is 4.33. The van der Waals surface area contributed by atoms with Crippen molar-refractivity contribution in [2.75, 3.05) is 7.05 Å². The Kier molecular flexibility index (Phi) is 3.08. The van der Waals surface area contributed by atoms with E-state index >= 15 is 0 Å². The number of benzene rings is 1. The van der Waals surface area contributed by atoms with E-state index in [1.54, 1.807) is 0 Å². The zero-order chi connectivity index (χ0) is 10.8. The summed E-state index contributed by atoms with van der Waals surface area (Å²) in [5.74, 6) is 0.628. The van der Waals surface area contributed by atoms with Gasteiger partial charge in [-0.2, -0.15) is 0 Å². The minimum absolute atomic E-state index is 0.474. The Morgan fingerprint density at radius 1 is 1.20 bits per heavy atom. The van der Waals surface area contributed by atoms with Gasteiger partial charge in [-0.25, -0.2) is 0 Å². The summed E-state index contributed by atoms with van der Waals surface area (Å²) < 4.78 is 1.38. The molecule has 1 heterocycles. The molecule has 0 radical (unpaired) electrons. The van der Waals surface area contributed by atoms with E-state index in [2.05, 4.69) is 49.5 Å². The van der Waals surface area contributed by atoms with E-state index in [0.717, 1.165) is 0 Å². The van der Waals surface area contributed by atoms with Gasteiger partial charge in [0.1, 0.15) is 0 Å². The van der Waals surface area contributed by atoms with Crippen molar-refractivity contribution < 1.29 is 0 Å². The maximum atomic E-state index is 3.39. The largest absolute Gasteiger partial charge is 0.312 e. The molecule has 0 aliphatic rings. The van der Waals surface area contributed by atoms with Gasteiger partial charge in [0.05, 0.1) is 0 Å². The summed E-state index contributed by atoms with van der Waals surface area (Å²) in [6.07, 6.45) is 0. The highest BCUT2D eigenvalue weighted by atomic mass is 32.1. The second-order valence-electron chi connectivity index (χ2n) is 4.20. The van der Waals surface area contributed by atoms with Crippen molar-refractivity contribution in [2.45, 2.75) is 19.9 Å². The maximum Gasteiger partial charge on any atom is 0.0436 e. The molecule has 1 aromatic carbocycles. The van der Waals surface area contributed by atoms with Crippen LogP contribution in [0.1, 0.15) is 24.8 Å². The number of hydrogen-bond acceptors (Lipinski definition) is 2. The first-order valence-electron chi connectivity index (χ1n) is 5.38. The summed E-state index contributed by atoms with van der Waals surface area (Å²) in [5, 5.41) is 4.75. The van der Waals surface area contributed by atoms with Crippen molar-refractivity contribution in [3.8, 4) is 0 Å². The van der Waals surface area contributed by atoms with E-state index in [4.69, 9.17) is 0 Å². The number of thiophene rings is 1. The molecule has 0 saturated heterocycles. The highest BCUT2D eigenvalue weighted by Crippen LogP contribution is 2.32. The van der Waals surface area contributed by atoms with Crippen LogP contribution in [0, 0.1) is 5.92 Å². The SMILES string of the molecule is CNC(c1cc2ccccc2s1)C(C)C. The number of fused-ring (bicyclic) bond motifs is 1. The average molecular weight is 219 g/mol. The number of hydrogen-bond donors (Lipinski definition) is 1. The molecule has 0 amide bonds. The summed E-state index contributed by atoms with van der Waals surface area (Å²) in [5.41, 5.74) is 0. The molecule has 80 valence electrons. The van der Waals surface area contributed by atoms with Crippen LogP contribution < -0.4 is 5.32 Å². The quantitative estimate of drug-likeness (QED) is 0.827. The van der Waals surface area contributed by atoms with Crippen molar-refractivity contribution in [1.82, 2.24) is 5.32 Å². The highest BCUT2D eigenvalue weighted by Gasteiger charge is 2.15. The van der Waals surface area contributed by atoms with Gasteiger partial charge >= 0.3 is 0 Å². The van der Waals surface area contributed by atoms with Crippen LogP contribution in [0.15, 0.2) is 30.3 Å². The van der Waals surface area contributed by atoms with E-state index in [9.17, 15) is 0 Å². The number of nitrogens with one attached hydrogen (secondary N) is 1. The predicted octanol–water partition coefficient (Wildman–Crippen LogP) is 3.82. The normalized spacial score (nSPS) is 13.6. The molecule has 2 heteroatoms. The fourth-order valence-electron chi connectivity index (χ4n) is 1.96.